The number of hydrogen-bond acceptors (Lipinski definition) is 2. The SMILES string of the molecule is COc1ccc2c(c1)CC[C@@H]1[C@@H]2CC[C@]2(C(C)c3cccc(O)c3)CCC[C@@H]12. The fraction of sp³-hybridized carbons (Fsp3) is 0.538. The van der Waals surface area contributed by atoms with Crippen molar-refractivity contribution in [1.29, 1.82) is 0 Å². The van der Waals surface area contributed by atoms with Crippen molar-refractivity contribution in [1.82, 2.24) is 0 Å². The standard InChI is InChI=1S/C26H32O2/c1-17(18-5-3-6-20(27)15-18)26-13-4-7-25(26)24-10-8-19-16-21(28-2)9-11-22(19)23(24)12-14-26/h3,5-6,9,11,15-17,23-25,27H,4,7-8,10,12-14H2,1-2H3/t17?,23-,24-,25+,26+/m1/s1. The van der Waals surface area contributed by atoms with Crippen LogP contribution in [0.3, 0.4) is 0 Å². The molecule has 3 aliphatic rings. The van der Waals surface area contributed by atoms with Gasteiger partial charge in [-0.05, 0) is 109 Å². The van der Waals surface area contributed by atoms with Gasteiger partial charge < -0.3 is 9.84 Å². The maximum absolute atomic E-state index is 10.0. The number of benzene rings is 2. The van der Waals surface area contributed by atoms with Gasteiger partial charge in [0.2, 0.25) is 0 Å². The van der Waals surface area contributed by atoms with Crippen LogP contribution in [0, 0.1) is 17.3 Å². The summed E-state index contributed by atoms with van der Waals surface area (Å²) in [6, 6.07) is 14.8. The first-order chi connectivity index (χ1) is 13.6. The summed E-state index contributed by atoms with van der Waals surface area (Å²) in [7, 11) is 1.77. The highest BCUT2D eigenvalue weighted by Crippen LogP contribution is 2.65. The van der Waals surface area contributed by atoms with Crippen LogP contribution < -0.4 is 4.74 Å². The van der Waals surface area contributed by atoms with Gasteiger partial charge in [0.15, 0.2) is 0 Å². The zero-order valence-corrected chi connectivity index (χ0v) is 17.2. The van der Waals surface area contributed by atoms with E-state index in [4.69, 9.17) is 4.74 Å². The van der Waals surface area contributed by atoms with Gasteiger partial charge in [0.25, 0.3) is 0 Å². The predicted molar refractivity (Wildman–Crippen MR) is 113 cm³/mol. The number of fused-ring (bicyclic) bond motifs is 5. The highest BCUT2D eigenvalue weighted by Gasteiger charge is 2.55. The number of phenols is 1. The molecule has 0 heterocycles. The van der Waals surface area contributed by atoms with E-state index >= 15 is 0 Å². The monoisotopic (exact) mass is 376 g/mol. The van der Waals surface area contributed by atoms with Crippen LogP contribution in [0.15, 0.2) is 42.5 Å². The van der Waals surface area contributed by atoms with Gasteiger partial charge in [0.05, 0.1) is 7.11 Å². The van der Waals surface area contributed by atoms with Gasteiger partial charge >= 0.3 is 0 Å². The third-order valence-corrected chi connectivity index (χ3v) is 8.58. The molecule has 0 aromatic heterocycles. The molecule has 3 aliphatic carbocycles. The molecule has 0 bridgehead atoms. The minimum atomic E-state index is 0.407. The summed E-state index contributed by atoms with van der Waals surface area (Å²) in [4.78, 5) is 0. The second-order valence-electron chi connectivity index (χ2n) is 9.46. The molecule has 0 saturated heterocycles. The number of aromatic hydroxyl groups is 1. The van der Waals surface area contributed by atoms with Gasteiger partial charge in [0, 0.05) is 0 Å². The largest absolute Gasteiger partial charge is 0.508 e. The van der Waals surface area contributed by atoms with Crippen LogP contribution in [-0.2, 0) is 6.42 Å². The first kappa shape index (κ1) is 18.1. The number of methoxy groups -OCH3 is 1. The molecule has 0 aliphatic heterocycles. The van der Waals surface area contributed by atoms with Crippen molar-refractivity contribution in [3.05, 3.63) is 59.2 Å². The number of hydrogen-bond donors (Lipinski definition) is 1. The molecule has 0 spiro atoms. The third-order valence-electron chi connectivity index (χ3n) is 8.58. The Labute approximate surface area is 168 Å². The summed E-state index contributed by atoms with van der Waals surface area (Å²) >= 11 is 0. The van der Waals surface area contributed by atoms with Crippen LogP contribution in [0.25, 0.3) is 0 Å². The lowest BCUT2D eigenvalue weighted by molar-refractivity contribution is 0.0247. The minimum absolute atomic E-state index is 0.407. The normalized spacial score (nSPS) is 32.1. The van der Waals surface area contributed by atoms with Crippen LogP contribution in [0.1, 0.15) is 74.0 Å². The number of ether oxygens (including phenoxy) is 1. The molecule has 2 saturated carbocycles. The van der Waals surface area contributed by atoms with Crippen molar-refractivity contribution in [2.24, 2.45) is 17.3 Å². The molecule has 2 aromatic rings. The van der Waals surface area contributed by atoms with Crippen molar-refractivity contribution in [2.45, 2.75) is 63.7 Å². The van der Waals surface area contributed by atoms with Gasteiger partial charge in [-0.25, -0.2) is 0 Å². The van der Waals surface area contributed by atoms with Gasteiger partial charge in [0.1, 0.15) is 11.5 Å². The predicted octanol–water partition coefficient (Wildman–Crippen LogP) is 6.43. The van der Waals surface area contributed by atoms with E-state index in [2.05, 4.69) is 31.2 Å². The van der Waals surface area contributed by atoms with E-state index in [0.717, 1.165) is 23.5 Å². The second-order valence-corrected chi connectivity index (χ2v) is 9.46. The fourth-order valence-corrected chi connectivity index (χ4v) is 7.27. The van der Waals surface area contributed by atoms with Crippen LogP contribution in [0.5, 0.6) is 11.5 Å². The Hall–Kier alpha value is -1.96. The summed E-state index contributed by atoms with van der Waals surface area (Å²) in [5.74, 6) is 4.29. The van der Waals surface area contributed by atoms with Crippen LogP contribution in [-0.4, -0.2) is 12.2 Å². The fourth-order valence-electron chi connectivity index (χ4n) is 7.27. The summed E-state index contributed by atoms with van der Waals surface area (Å²) in [5, 5.41) is 10.0. The minimum Gasteiger partial charge on any atom is -0.508 e. The molecule has 2 aromatic carbocycles. The van der Waals surface area contributed by atoms with Gasteiger partial charge in [-0.2, -0.15) is 0 Å². The van der Waals surface area contributed by atoms with E-state index in [9.17, 15) is 5.11 Å². The van der Waals surface area contributed by atoms with Crippen molar-refractivity contribution in [3.8, 4) is 11.5 Å². The van der Waals surface area contributed by atoms with Gasteiger partial charge in [-0.1, -0.05) is 31.5 Å². The Morgan fingerprint density at radius 3 is 2.79 bits per heavy atom. The van der Waals surface area contributed by atoms with Crippen LogP contribution in [0.4, 0.5) is 0 Å². The highest BCUT2D eigenvalue weighted by atomic mass is 16.5. The Morgan fingerprint density at radius 1 is 1.07 bits per heavy atom. The van der Waals surface area contributed by atoms with Gasteiger partial charge in [-0.15, -0.1) is 0 Å². The summed E-state index contributed by atoms with van der Waals surface area (Å²) in [6.07, 6.45) is 9.26. The van der Waals surface area contributed by atoms with Crippen LogP contribution in [0.2, 0.25) is 0 Å². The molecule has 2 heteroatoms. The average Bonchev–Trinajstić information content (AvgIpc) is 3.18. The first-order valence-corrected chi connectivity index (χ1v) is 11.1. The zero-order chi connectivity index (χ0) is 19.3. The highest BCUT2D eigenvalue weighted by molar-refractivity contribution is 5.41. The Balaban J connectivity index is 1.48. The molecular weight excluding hydrogens is 344 g/mol. The molecule has 0 amide bonds. The summed E-state index contributed by atoms with van der Waals surface area (Å²) in [6.45, 7) is 2.43. The molecule has 2 fully saturated rings. The smallest absolute Gasteiger partial charge is 0.119 e. The summed E-state index contributed by atoms with van der Waals surface area (Å²) in [5.41, 5.74) is 4.86. The number of rotatable bonds is 3. The lowest BCUT2D eigenvalue weighted by Crippen LogP contribution is -2.43. The Morgan fingerprint density at radius 2 is 1.96 bits per heavy atom. The third kappa shape index (κ3) is 2.68. The van der Waals surface area contributed by atoms with E-state index in [1.807, 2.05) is 12.1 Å². The zero-order valence-electron chi connectivity index (χ0n) is 17.2. The number of aryl methyl sites for hydroxylation is 1. The Bertz CT molecular complexity index is 872. The second kappa shape index (κ2) is 6.83. The van der Waals surface area contributed by atoms with Crippen molar-refractivity contribution in [3.63, 3.8) is 0 Å². The molecule has 1 N–H and O–H groups in total. The van der Waals surface area contributed by atoms with E-state index in [-0.39, 0.29) is 0 Å². The average molecular weight is 377 g/mol. The lowest BCUT2D eigenvalue weighted by Gasteiger charge is -2.53. The van der Waals surface area contributed by atoms with Crippen molar-refractivity contribution in [2.75, 3.05) is 7.11 Å². The van der Waals surface area contributed by atoms with E-state index in [1.165, 1.54) is 56.1 Å². The molecule has 28 heavy (non-hydrogen) atoms. The van der Waals surface area contributed by atoms with E-state index in [0.29, 0.717) is 17.1 Å². The Kier molecular flexibility index (Phi) is 4.41. The first-order valence-electron chi connectivity index (χ1n) is 11.1. The van der Waals surface area contributed by atoms with Crippen molar-refractivity contribution < 1.29 is 9.84 Å². The maximum atomic E-state index is 10.0. The molecule has 5 atom stereocenters. The van der Waals surface area contributed by atoms with Gasteiger partial charge in [-0.3, -0.25) is 0 Å². The molecule has 1 unspecified atom stereocenters. The summed E-state index contributed by atoms with van der Waals surface area (Å²) < 4.78 is 5.47. The molecule has 148 valence electrons. The molecular formula is C26H32O2. The van der Waals surface area contributed by atoms with Crippen LogP contribution >= 0.6 is 0 Å². The van der Waals surface area contributed by atoms with Crippen molar-refractivity contribution >= 4 is 0 Å². The van der Waals surface area contributed by atoms with E-state index in [1.54, 1.807) is 18.7 Å². The number of phenolic OH excluding ortho intramolecular Hbond substituents is 1. The maximum Gasteiger partial charge on any atom is 0.119 e. The molecule has 2 nitrogen and oxygen atoms in total. The van der Waals surface area contributed by atoms with E-state index < -0.39 is 0 Å². The molecule has 0 radical (unpaired) electrons. The molecule has 5 rings (SSSR count). The quantitative estimate of drug-likeness (QED) is 0.669. The topological polar surface area (TPSA) is 29.5 Å². The lowest BCUT2D eigenvalue weighted by atomic mass is 9.51.